The second kappa shape index (κ2) is 1.95. The van der Waals surface area contributed by atoms with Gasteiger partial charge in [-0.05, 0) is 13.8 Å². The van der Waals surface area contributed by atoms with Crippen LogP contribution in [0.4, 0.5) is 0 Å². The lowest BCUT2D eigenvalue weighted by Crippen LogP contribution is -2.49. The molecule has 0 amide bonds. The lowest BCUT2D eigenvalue weighted by atomic mass is 10.2. The molecule has 1 rings (SSSR count). The Balaban J connectivity index is 2.88. The third-order valence-corrected chi connectivity index (χ3v) is 1.33. The van der Waals surface area contributed by atoms with Crippen molar-refractivity contribution in [3.8, 4) is 0 Å². The molecule has 0 aromatic carbocycles. The van der Waals surface area contributed by atoms with Crippen LogP contribution in [0, 0.1) is 0 Å². The Labute approximate surface area is 59.4 Å². The first-order valence-corrected chi connectivity index (χ1v) is 2.96. The van der Waals surface area contributed by atoms with Crippen molar-refractivity contribution in [1.29, 1.82) is 0 Å². The van der Waals surface area contributed by atoms with Gasteiger partial charge in [-0.25, -0.2) is 15.8 Å². The van der Waals surface area contributed by atoms with E-state index in [0.717, 1.165) is 0 Å². The van der Waals surface area contributed by atoms with Crippen molar-refractivity contribution in [2.24, 2.45) is 21.6 Å². The van der Waals surface area contributed by atoms with Crippen molar-refractivity contribution in [1.82, 2.24) is 5.01 Å². The molecule has 1 heterocycles. The molecule has 0 spiro atoms. The number of hydrogen-bond donors (Lipinski definition) is 2. The second-order valence-electron chi connectivity index (χ2n) is 2.62. The quantitative estimate of drug-likeness (QED) is 0.436. The van der Waals surface area contributed by atoms with Gasteiger partial charge < -0.3 is 5.73 Å². The highest BCUT2D eigenvalue weighted by molar-refractivity contribution is 5.87. The van der Waals surface area contributed by atoms with Gasteiger partial charge in [0, 0.05) is 0 Å². The molecular weight excluding hydrogens is 130 g/mol. The van der Waals surface area contributed by atoms with Crippen molar-refractivity contribution in [2.75, 3.05) is 0 Å². The second-order valence-corrected chi connectivity index (χ2v) is 2.62. The normalized spacial score (nSPS) is 22.7. The minimum atomic E-state index is -0.466. The number of aliphatic imine (C=N–C) groups is 2. The van der Waals surface area contributed by atoms with Gasteiger partial charge in [0.2, 0.25) is 5.96 Å². The highest BCUT2D eigenvalue weighted by Gasteiger charge is 2.24. The molecule has 0 aliphatic carbocycles. The summed E-state index contributed by atoms with van der Waals surface area (Å²) in [6.07, 6.45) is 1.46. The van der Waals surface area contributed by atoms with Crippen molar-refractivity contribution in [3.05, 3.63) is 0 Å². The molecule has 1 aliphatic heterocycles. The maximum Gasteiger partial charge on any atom is 0.219 e. The standard InChI is InChI=1S/C5H11N5/c1-5(2)9-4(6)8-3-10(5)7/h3H,7H2,1-2H3,(H2,6,9). The summed E-state index contributed by atoms with van der Waals surface area (Å²) >= 11 is 0. The van der Waals surface area contributed by atoms with Crippen LogP contribution in [-0.2, 0) is 0 Å². The van der Waals surface area contributed by atoms with Crippen LogP contribution >= 0.6 is 0 Å². The van der Waals surface area contributed by atoms with Crippen LogP contribution in [0.25, 0.3) is 0 Å². The van der Waals surface area contributed by atoms with E-state index < -0.39 is 5.66 Å². The molecule has 0 bridgehead atoms. The van der Waals surface area contributed by atoms with Gasteiger partial charge in [0.25, 0.3) is 0 Å². The Morgan fingerprint density at radius 2 is 2.20 bits per heavy atom. The summed E-state index contributed by atoms with van der Waals surface area (Å²) < 4.78 is 0. The zero-order valence-electron chi connectivity index (χ0n) is 6.07. The van der Waals surface area contributed by atoms with Crippen molar-refractivity contribution < 1.29 is 0 Å². The van der Waals surface area contributed by atoms with Crippen LogP contribution in [0.5, 0.6) is 0 Å². The summed E-state index contributed by atoms with van der Waals surface area (Å²) in [7, 11) is 0. The first kappa shape index (κ1) is 7.01. The van der Waals surface area contributed by atoms with Gasteiger partial charge in [0.15, 0.2) is 0 Å². The van der Waals surface area contributed by atoms with Gasteiger partial charge in [-0.15, -0.1) is 0 Å². The van der Waals surface area contributed by atoms with Crippen molar-refractivity contribution in [3.63, 3.8) is 0 Å². The fourth-order valence-electron chi connectivity index (χ4n) is 0.630. The van der Waals surface area contributed by atoms with E-state index in [1.807, 2.05) is 13.8 Å². The van der Waals surface area contributed by atoms with Gasteiger partial charge in [0.05, 0.1) is 0 Å². The molecule has 0 aromatic heterocycles. The molecule has 0 fully saturated rings. The van der Waals surface area contributed by atoms with E-state index in [0.29, 0.717) is 0 Å². The van der Waals surface area contributed by atoms with Crippen LogP contribution in [0.1, 0.15) is 13.8 Å². The topological polar surface area (TPSA) is 80.0 Å². The Morgan fingerprint density at radius 1 is 1.60 bits per heavy atom. The van der Waals surface area contributed by atoms with Gasteiger partial charge in [-0.3, -0.25) is 5.01 Å². The highest BCUT2D eigenvalue weighted by Crippen LogP contribution is 2.12. The van der Waals surface area contributed by atoms with Gasteiger partial charge in [-0.2, -0.15) is 0 Å². The van der Waals surface area contributed by atoms with Crippen LogP contribution < -0.4 is 11.6 Å². The molecule has 0 aromatic rings. The molecule has 0 atom stereocenters. The molecule has 5 heteroatoms. The largest absolute Gasteiger partial charge is 0.368 e. The Hall–Kier alpha value is -1.10. The minimum Gasteiger partial charge on any atom is -0.368 e. The van der Waals surface area contributed by atoms with E-state index in [2.05, 4.69) is 9.98 Å². The Morgan fingerprint density at radius 3 is 2.60 bits per heavy atom. The minimum absolute atomic E-state index is 0.270. The third kappa shape index (κ3) is 1.08. The molecule has 1 aliphatic rings. The molecule has 0 saturated heterocycles. The Kier molecular flexibility index (Phi) is 1.37. The summed E-state index contributed by atoms with van der Waals surface area (Å²) in [5, 5.41) is 1.41. The van der Waals surface area contributed by atoms with Crippen LogP contribution in [0.2, 0.25) is 0 Å². The van der Waals surface area contributed by atoms with Crippen LogP contribution in [-0.4, -0.2) is 23.0 Å². The van der Waals surface area contributed by atoms with E-state index in [1.54, 1.807) is 0 Å². The fraction of sp³-hybridized carbons (Fsp3) is 0.600. The van der Waals surface area contributed by atoms with Gasteiger partial charge in [0.1, 0.15) is 12.0 Å². The molecule has 0 saturated carbocycles. The van der Waals surface area contributed by atoms with Crippen molar-refractivity contribution >= 4 is 12.3 Å². The number of nitrogens with two attached hydrogens (primary N) is 2. The number of nitrogens with zero attached hydrogens (tertiary/aromatic N) is 3. The van der Waals surface area contributed by atoms with Gasteiger partial charge >= 0.3 is 0 Å². The average molecular weight is 141 g/mol. The predicted molar refractivity (Wildman–Crippen MR) is 40.2 cm³/mol. The fourth-order valence-corrected chi connectivity index (χ4v) is 0.630. The van der Waals surface area contributed by atoms with E-state index in [-0.39, 0.29) is 5.96 Å². The van der Waals surface area contributed by atoms with Crippen molar-refractivity contribution in [2.45, 2.75) is 19.5 Å². The summed E-state index contributed by atoms with van der Waals surface area (Å²) in [4.78, 5) is 7.70. The number of hydrogen-bond acceptors (Lipinski definition) is 5. The molecule has 10 heavy (non-hydrogen) atoms. The smallest absolute Gasteiger partial charge is 0.219 e. The zero-order valence-corrected chi connectivity index (χ0v) is 6.07. The summed E-state index contributed by atoms with van der Waals surface area (Å²) in [6.45, 7) is 3.70. The first-order chi connectivity index (χ1) is 4.52. The molecular formula is C5H11N5. The number of hydrazine groups is 1. The summed E-state index contributed by atoms with van der Waals surface area (Å²) in [6, 6.07) is 0. The maximum absolute atomic E-state index is 5.50. The number of guanidine groups is 1. The van der Waals surface area contributed by atoms with Crippen LogP contribution in [0.3, 0.4) is 0 Å². The summed E-state index contributed by atoms with van der Waals surface area (Å²) in [5.74, 6) is 5.77. The average Bonchev–Trinajstić information content (AvgIpc) is 1.78. The third-order valence-electron chi connectivity index (χ3n) is 1.33. The first-order valence-electron chi connectivity index (χ1n) is 2.96. The zero-order chi connectivity index (χ0) is 7.78. The molecule has 56 valence electrons. The van der Waals surface area contributed by atoms with E-state index >= 15 is 0 Å². The van der Waals surface area contributed by atoms with E-state index in [9.17, 15) is 0 Å². The molecule has 0 radical (unpaired) electrons. The summed E-state index contributed by atoms with van der Waals surface area (Å²) in [5.41, 5.74) is 4.88. The van der Waals surface area contributed by atoms with E-state index in [4.69, 9.17) is 11.6 Å². The molecule has 0 unspecified atom stereocenters. The Bertz CT molecular complexity index is 192. The SMILES string of the molecule is CC1(C)N=C(N)N=CN1N. The van der Waals surface area contributed by atoms with E-state index in [1.165, 1.54) is 11.3 Å². The van der Waals surface area contributed by atoms with Crippen LogP contribution in [0.15, 0.2) is 9.98 Å². The monoisotopic (exact) mass is 141 g/mol. The maximum atomic E-state index is 5.50. The highest BCUT2D eigenvalue weighted by atomic mass is 15.5. The predicted octanol–water partition coefficient (Wildman–Crippen LogP) is -0.745. The molecule has 5 nitrogen and oxygen atoms in total. The molecule has 4 N–H and O–H groups in total. The lowest BCUT2D eigenvalue weighted by Gasteiger charge is -2.31. The number of rotatable bonds is 0. The van der Waals surface area contributed by atoms with Gasteiger partial charge in [-0.1, -0.05) is 0 Å². The lowest BCUT2D eigenvalue weighted by molar-refractivity contribution is 0.233.